The van der Waals surface area contributed by atoms with Gasteiger partial charge in [0.2, 0.25) is 0 Å². The van der Waals surface area contributed by atoms with Crippen LogP contribution in [0, 0.1) is 0 Å². The molecule has 104 valence electrons. The van der Waals surface area contributed by atoms with Gasteiger partial charge in [-0.15, -0.1) is 0 Å². The summed E-state index contributed by atoms with van der Waals surface area (Å²) in [5.41, 5.74) is 3.12. The molecule has 3 heteroatoms. The molecule has 0 bridgehead atoms. The van der Waals surface area contributed by atoms with E-state index in [1.54, 1.807) is 0 Å². The Balaban J connectivity index is 1.82. The van der Waals surface area contributed by atoms with E-state index >= 15 is 0 Å². The molecule has 0 aliphatic heterocycles. The summed E-state index contributed by atoms with van der Waals surface area (Å²) >= 11 is 0. The van der Waals surface area contributed by atoms with Crippen molar-refractivity contribution in [1.82, 2.24) is 9.55 Å². The predicted octanol–water partition coefficient (Wildman–Crippen LogP) is 3.61. The lowest BCUT2D eigenvalue weighted by atomic mass is 10.1. The molecule has 2 aromatic carbocycles. The normalized spacial score (nSPS) is 10.5. The van der Waals surface area contributed by atoms with Gasteiger partial charge in [-0.2, -0.15) is 0 Å². The minimum absolute atomic E-state index is 0.477. The summed E-state index contributed by atoms with van der Waals surface area (Å²) in [6, 6.07) is 20.2. The van der Waals surface area contributed by atoms with Crippen molar-refractivity contribution in [2.75, 3.05) is 0 Å². The molecule has 3 rings (SSSR count). The zero-order chi connectivity index (χ0) is 14.5. The number of hydrogen-bond donors (Lipinski definition) is 0. The fraction of sp³-hybridized carbons (Fsp3) is 0.111. The molecule has 0 radical (unpaired) electrons. The number of aromatic nitrogens is 2. The first-order valence-electron chi connectivity index (χ1n) is 6.98. The molecule has 0 atom stereocenters. The lowest BCUT2D eigenvalue weighted by Crippen LogP contribution is -2.04. The lowest BCUT2D eigenvalue weighted by molar-refractivity contribution is 0.111. The van der Waals surface area contributed by atoms with E-state index in [0.29, 0.717) is 5.82 Å². The second kappa shape index (κ2) is 6.18. The number of aldehydes is 1. The summed E-state index contributed by atoms with van der Waals surface area (Å²) in [6.07, 6.45) is 3.64. The Morgan fingerprint density at radius 3 is 2.29 bits per heavy atom. The van der Waals surface area contributed by atoms with Gasteiger partial charge in [-0.05, 0) is 12.0 Å². The minimum atomic E-state index is 0.477. The average molecular weight is 276 g/mol. The number of carbonyl (C=O) groups is 1. The van der Waals surface area contributed by atoms with E-state index in [0.717, 1.165) is 30.5 Å². The second-order valence-corrected chi connectivity index (χ2v) is 4.90. The van der Waals surface area contributed by atoms with Gasteiger partial charge in [-0.25, -0.2) is 4.98 Å². The third kappa shape index (κ3) is 3.08. The first kappa shape index (κ1) is 13.3. The van der Waals surface area contributed by atoms with Crippen molar-refractivity contribution in [3.63, 3.8) is 0 Å². The SMILES string of the molecule is O=Cc1nc(-c2ccccc2)cn1CCc1ccccc1. The third-order valence-corrected chi connectivity index (χ3v) is 3.47. The van der Waals surface area contributed by atoms with E-state index in [-0.39, 0.29) is 0 Å². The Morgan fingerprint density at radius 1 is 0.952 bits per heavy atom. The molecule has 3 aromatic rings. The number of hydrogen-bond acceptors (Lipinski definition) is 2. The van der Waals surface area contributed by atoms with Crippen LogP contribution in [0.3, 0.4) is 0 Å². The van der Waals surface area contributed by atoms with Gasteiger partial charge in [0, 0.05) is 18.3 Å². The van der Waals surface area contributed by atoms with Crippen molar-refractivity contribution in [1.29, 1.82) is 0 Å². The molecule has 3 nitrogen and oxygen atoms in total. The van der Waals surface area contributed by atoms with Gasteiger partial charge in [0.15, 0.2) is 12.1 Å². The fourth-order valence-corrected chi connectivity index (χ4v) is 2.35. The van der Waals surface area contributed by atoms with Crippen molar-refractivity contribution in [2.45, 2.75) is 13.0 Å². The molecule has 0 fully saturated rings. The van der Waals surface area contributed by atoms with Crippen LogP contribution in [0.1, 0.15) is 16.2 Å². The summed E-state index contributed by atoms with van der Waals surface area (Å²) < 4.78 is 1.92. The number of imidazole rings is 1. The highest BCUT2D eigenvalue weighted by Crippen LogP contribution is 2.18. The smallest absolute Gasteiger partial charge is 0.185 e. The first-order valence-corrected chi connectivity index (χ1v) is 6.98. The van der Waals surface area contributed by atoms with Gasteiger partial charge in [0.25, 0.3) is 0 Å². The van der Waals surface area contributed by atoms with E-state index in [1.165, 1.54) is 5.56 Å². The average Bonchev–Trinajstić information content (AvgIpc) is 2.98. The second-order valence-electron chi connectivity index (χ2n) is 4.90. The largest absolute Gasteiger partial charge is 0.328 e. The molecular weight excluding hydrogens is 260 g/mol. The van der Waals surface area contributed by atoms with Crippen molar-refractivity contribution >= 4 is 6.29 Å². The van der Waals surface area contributed by atoms with E-state index in [9.17, 15) is 4.79 Å². The third-order valence-electron chi connectivity index (χ3n) is 3.47. The van der Waals surface area contributed by atoms with Gasteiger partial charge in [0.05, 0.1) is 5.69 Å². The highest BCUT2D eigenvalue weighted by atomic mass is 16.1. The van der Waals surface area contributed by atoms with Gasteiger partial charge in [-0.1, -0.05) is 60.7 Å². The maximum Gasteiger partial charge on any atom is 0.185 e. The quantitative estimate of drug-likeness (QED) is 0.667. The number of benzene rings is 2. The zero-order valence-electron chi connectivity index (χ0n) is 11.6. The zero-order valence-corrected chi connectivity index (χ0v) is 11.6. The number of aryl methyl sites for hydroxylation is 2. The highest BCUT2D eigenvalue weighted by Gasteiger charge is 2.08. The molecule has 0 aliphatic carbocycles. The predicted molar refractivity (Wildman–Crippen MR) is 83.2 cm³/mol. The van der Waals surface area contributed by atoms with Crippen LogP contribution >= 0.6 is 0 Å². The van der Waals surface area contributed by atoms with Crippen LogP contribution in [0.15, 0.2) is 66.9 Å². The Hall–Kier alpha value is -2.68. The van der Waals surface area contributed by atoms with Crippen LogP contribution in [-0.4, -0.2) is 15.8 Å². The molecule has 21 heavy (non-hydrogen) atoms. The van der Waals surface area contributed by atoms with Crippen LogP contribution in [0.5, 0.6) is 0 Å². The summed E-state index contributed by atoms with van der Waals surface area (Å²) in [5.74, 6) is 0.477. The molecule has 1 heterocycles. The summed E-state index contributed by atoms with van der Waals surface area (Å²) in [7, 11) is 0. The van der Waals surface area contributed by atoms with E-state index < -0.39 is 0 Å². The van der Waals surface area contributed by atoms with E-state index in [4.69, 9.17) is 0 Å². The fourth-order valence-electron chi connectivity index (χ4n) is 2.35. The van der Waals surface area contributed by atoms with Gasteiger partial charge in [-0.3, -0.25) is 4.79 Å². The molecule has 0 amide bonds. The molecule has 0 saturated carbocycles. The van der Waals surface area contributed by atoms with Crippen LogP contribution in [0.25, 0.3) is 11.3 Å². The number of rotatable bonds is 5. The molecule has 0 aliphatic rings. The maximum atomic E-state index is 11.2. The Morgan fingerprint density at radius 2 is 1.62 bits per heavy atom. The minimum Gasteiger partial charge on any atom is -0.328 e. The summed E-state index contributed by atoms with van der Waals surface area (Å²) in [4.78, 5) is 15.6. The van der Waals surface area contributed by atoms with E-state index in [2.05, 4.69) is 17.1 Å². The number of nitrogens with zero attached hydrogens (tertiary/aromatic N) is 2. The molecule has 0 N–H and O–H groups in total. The van der Waals surface area contributed by atoms with Crippen molar-refractivity contribution in [3.8, 4) is 11.3 Å². The van der Waals surface area contributed by atoms with Crippen molar-refractivity contribution < 1.29 is 4.79 Å². The molecule has 1 aromatic heterocycles. The molecule has 0 saturated heterocycles. The van der Waals surface area contributed by atoms with Crippen LogP contribution in [0.4, 0.5) is 0 Å². The van der Waals surface area contributed by atoms with E-state index in [1.807, 2.05) is 59.3 Å². The molecular formula is C18H16N2O. The van der Waals surface area contributed by atoms with Crippen LogP contribution in [-0.2, 0) is 13.0 Å². The monoisotopic (exact) mass is 276 g/mol. The summed E-state index contributed by atoms with van der Waals surface area (Å²) in [5, 5.41) is 0. The summed E-state index contributed by atoms with van der Waals surface area (Å²) in [6.45, 7) is 0.748. The number of carbonyl (C=O) groups excluding carboxylic acids is 1. The first-order chi connectivity index (χ1) is 10.4. The van der Waals surface area contributed by atoms with Crippen molar-refractivity contribution in [2.24, 2.45) is 0 Å². The standard InChI is InChI=1S/C18H16N2O/c21-14-18-19-17(16-9-5-2-6-10-16)13-20(18)12-11-15-7-3-1-4-8-15/h1-10,13-14H,11-12H2. The van der Waals surface area contributed by atoms with Crippen LogP contribution < -0.4 is 0 Å². The Kier molecular flexibility index (Phi) is 3.92. The maximum absolute atomic E-state index is 11.2. The van der Waals surface area contributed by atoms with Gasteiger partial charge in [0.1, 0.15) is 0 Å². The van der Waals surface area contributed by atoms with Gasteiger partial charge < -0.3 is 4.57 Å². The van der Waals surface area contributed by atoms with Gasteiger partial charge >= 0.3 is 0 Å². The molecule has 0 spiro atoms. The van der Waals surface area contributed by atoms with Crippen molar-refractivity contribution in [3.05, 3.63) is 78.2 Å². The molecule has 0 unspecified atom stereocenters. The Labute approximate surface area is 123 Å². The van der Waals surface area contributed by atoms with Crippen LogP contribution in [0.2, 0.25) is 0 Å². The topological polar surface area (TPSA) is 34.9 Å². The lowest BCUT2D eigenvalue weighted by Gasteiger charge is -2.04. The highest BCUT2D eigenvalue weighted by molar-refractivity contribution is 5.72. The Bertz CT molecular complexity index is 717.